The lowest BCUT2D eigenvalue weighted by molar-refractivity contribution is -0.117. The van der Waals surface area contributed by atoms with E-state index >= 15 is 0 Å². The number of hydrogen-bond acceptors (Lipinski definition) is 2. The monoisotopic (exact) mass is 304 g/mol. The number of para-hydroxylation sites is 2. The summed E-state index contributed by atoms with van der Waals surface area (Å²) in [5, 5.41) is 6.07. The van der Waals surface area contributed by atoms with Crippen LogP contribution in [0.2, 0.25) is 5.02 Å². The van der Waals surface area contributed by atoms with Crippen LogP contribution in [0.4, 0.5) is 15.8 Å². The molecule has 1 heterocycles. The van der Waals surface area contributed by atoms with Crippen LogP contribution in [0.15, 0.2) is 42.5 Å². The number of hydrogen-bond donors (Lipinski definition) is 2. The van der Waals surface area contributed by atoms with Crippen LogP contribution in [-0.2, 0) is 4.79 Å². The molecule has 0 aliphatic carbocycles. The van der Waals surface area contributed by atoms with Crippen LogP contribution in [0.25, 0.3) is 0 Å². The van der Waals surface area contributed by atoms with Gasteiger partial charge in [0.2, 0.25) is 5.91 Å². The largest absolute Gasteiger partial charge is 0.385 e. The molecule has 5 heteroatoms. The Kier molecular flexibility index (Phi) is 3.80. The minimum Gasteiger partial charge on any atom is -0.385 e. The van der Waals surface area contributed by atoms with E-state index in [1.54, 1.807) is 6.07 Å². The highest BCUT2D eigenvalue weighted by atomic mass is 35.5. The van der Waals surface area contributed by atoms with E-state index in [1.807, 2.05) is 24.3 Å². The Bertz CT molecular complexity index is 669. The fraction of sp³-hybridized carbons (Fsp3) is 0.188. The Labute approximate surface area is 127 Å². The smallest absolute Gasteiger partial charge is 0.232 e. The highest BCUT2D eigenvalue weighted by molar-refractivity contribution is 6.33. The first-order valence-corrected chi connectivity index (χ1v) is 7.12. The molecule has 0 spiro atoms. The van der Waals surface area contributed by atoms with E-state index in [4.69, 9.17) is 11.6 Å². The van der Waals surface area contributed by atoms with Crippen LogP contribution in [0.3, 0.4) is 0 Å². The quantitative estimate of drug-likeness (QED) is 0.880. The van der Waals surface area contributed by atoms with Gasteiger partial charge >= 0.3 is 0 Å². The van der Waals surface area contributed by atoms with Gasteiger partial charge in [-0.2, -0.15) is 0 Å². The number of anilines is 2. The fourth-order valence-electron chi connectivity index (χ4n) is 2.57. The van der Waals surface area contributed by atoms with Gasteiger partial charge in [0.05, 0.1) is 16.6 Å². The zero-order chi connectivity index (χ0) is 14.8. The molecule has 0 radical (unpaired) electrons. The molecule has 1 unspecified atom stereocenters. The normalized spacial score (nSPS) is 16.8. The topological polar surface area (TPSA) is 41.1 Å². The van der Waals surface area contributed by atoms with Gasteiger partial charge in [0.1, 0.15) is 5.82 Å². The Morgan fingerprint density at radius 3 is 2.86 bits per heavy atom. The van der Waals surface area contributed by atoms with Crippen LogP contribution < -0.4 is 10.6 Å². The second-order valence-electron chi connectivity index (χ2n) is 4.94. The van der Waals surface area contributed by atoms with Crippen molar-refractivity contribution in [2.24, 2.45) is 0 Å². The molecule has 0 fully saturated rings. The van der Waals surface area contributed by atoms with Crippen molar-refractivity contribution in [3.63, 3.8) is 0 Å². The number of amides is 1. The molecule has 3 rings (SSSR count). The molecule has 2 aromatic rings. The molecule has 1 aliphatic rings. The molecule has 1 aliphatic heterocycles. The number of nitrogens with one attached hydrogen (secondary N) is 2. The lowest BCUT2D eigenvalue weighted by atomic mass is 9.90. The van der Waals surface area contributed by atoms with E-state index in [0.29, 0.717) is 13.0 Å². The second kappa shape index (κ2) is 5.74. The Morgan fingerprint density at radius 2 is 2.05 bits per heavy atom. The van der Waals surface area contributed by atoms with Gasteiger partial charge in [-0.25, -0.2) is 4.39 Å². The summed E-state index contributed by atoms with van der Waals surface area (Å²) in [7, 11) is 0. The third kappa shape index (κ3) is 2.72. The summed E-state index contributed by atoms with van der Waals surface area (Å²) in [6.45, 7) is 0.708. The third-order valence-electron chi connectivity index (χ3n) is 3.61. The molecular formula is C16H14ClFN2O. The molecule has 0 saturated heterocycles. The highest BCUT2D eigenvalue weighted by Gasteiger charge is 2.27. The van der Waals surface area contributed by atoms with E-state index in [-0.39, 0.29) is 22.5 Å². The molecule has 3 nitrogen and oxygen atoms in total. The van der Waals surface area contributed by atoms with E-state index in [9.17, 15) is 9.18 Å². The van der Waals surface area contributed by atoms with Crippen molar-refractivity contribution in [2.75, 3.05) is 17.2 Å². The van der Waals surface area contributed by atoms with Crippen LogP contribution >= 0.6 is 11.6 Å². The van der Waals surface area contributed by atoms with E-state index in [2.05, 4.69) is 10.6 Å². The van der Waals surface area contributed by atoms with Crippen molar-refractivity contribution in [1.82, 2.24) is 0 Å². The highest BCUT2D eigenvalue weighted by Crippen LogP contribution is 2.33. The zero-order valence-electron chi connectivity index (χ0n) is 11.2. The molecule has 2 aromatic carbocycles. The van der Waals surface area contributed by atoms with Gasteiger partial charge < -0.3 is 10.6 Å². The van der Waals surface area contributed by atoms with Crippen LogP contribution in [0.1, 0.15) is 17.9 Å². The molecule has 108 valence electrons. The lowest BCUT2D eigenvalue weighted by Gasteiger charge is -2.26. The maximum absolute atomic E-state index is 13.8. The van der Waals surface area contributed by atoms with Crippen molar-refractivity contribution < 1.29 is 9.18 Å². The first-order valence-electron chi connectivity index (χ1n) is 6.74. The van der Waals surface area contributed by atoms with Crippen molar-refractivity contribution in [3.8, 4) is 0 Å². The van der Waals surface area contributed by atoms with Gasteiger partial charge in [-0.1, -0.05) is 35.9 Å². The van der Waals surface area contributed by atoms with Gasteiger partial charge in [0.25, 0.3) is 0 Å². The second-order valence-corrected chi connectivity index (χ2v) is 5.35. The Balaban J connectivity index is 1.87. The molecule has 21 heavy (non-hydrogen) atoms. The lowest BCUT2D eigenvalue weighted by Crippen LogP contribution is -2.27. The van der Waals surface area contributed by atoms with Gasteiger partial charge in [0.15, 0.2) is 0 Å². The van der Waals surface area contributed by atoms with Crippen molar-refractivity contribution >= 4 is 28.9 Å². The number of rotatable bonds is 2. The molecule has 0 saturated carbocycles. The van der Waals surface area contributed by atoms with E-state index in [0.717, 1.165) is 11.3 Å². The first kappa shape index (κ1) is 13.9. The summed E-state index contributed by atoms with van der Waals surface area (Å²) in [5.41, 5.74) is 1.91. The molecule has 1 amide bonds. The standard InChI is InChI=1S/C16H14ClFN2O/c17-12-5-3-6-13(18)15(12)20-16(21)11-8-9-19-14-7-2-1-4-10(11)14/h1-7,11,19H,8-9H2,(H,20,21). The van der Waals surface area contributed by atoms with Gasteiger partial charge in [0, 0.05) is 12.2 Å². The number of halogens is 2. The SMILES string of the molecule is O=C(Nc1c(F)cccc1Cl)C1CCNc2ccccc21. The number of fused-ring (bicyclic) bond motifs is 1. The zero-order valence-corrected chi connectivity index (χ0v) is 12.0. The minimum atomic E-state index is -0.530. The summed E-state index contributed by atoms with van der Waals surface area (Å²) in [4.78, 5) is 12.5. The molecule has 0 bridgehead atoms. The van der Waals surface area contributed by atoms with E-state index < -0.39 is 5.82 Å². The molecule has 2 N–H and O–H groups in total. The van der Waals surface area contributed by atoms with Crippen molar-refractivity contribution in [3.05, 3.63) is 58.9 Å². The predicted octanol–water partition coefficient (Wildman–Crippen LogP) is 4.02. The van der Waals surface area contributed by atoms with E-state index in [1.165, 1.54) is 12.1 Å². The number of benzene rings is 2. The number of carbonyl (C=O) groups excluding carboxylic acids is 1. The van der Waals surface area contributed by atoms with Crippen LogP contribution in [-0.4, -0.2) is 12.5 Å². The average Bonchev–Trinajstić information content (AvgIpc) is 2.50. The summed E-state index contributed by atoms with van der Waals surface area (Å²) in [6, 6.07) is 12.0. The van der Waals surface area contributed by atoms with Crippen molar-refractivity contribution in [2.45, 2.75) is 12.3 Å². The average molecular weight is 305 g/mol. The minimum absolute atomic E-state index is 0.0418. The summed E-state index contributed by atoms with van der Waals surface area (Å²) < 4.78 is 13.8. The first-order chi connectivity index (χ1) is 10.2. The van der Waals surface area contributed by atoms with Gasteiger partial charge in [-0.15, -0.1) is 0 Å². The molecular weight excluding hydrogens is 291 g/mol. The number of carbonyl (C=O) groups is 1. The Hall–Kier alpha value is -2.07. The van der Waals surface area contributed by atoms with Gasteiger partial charge in [-0.3, -0.25) is 4.79 Å². The van der Waals surface area contributed by atoms with Crippen molar-refractivity contribution in [1.29, 1.82) is 0 Å². The van der Waals surface area contributed by atoms with Gasteiger partial charge in [-0.05, 0) is 30.2 Å². The Morgan fingerprint density at radius 1 is 1.24 bits per heavy atom. The molecule has 0 aromatic heterocycles. The summed E-state index contributed by atoms with van der Waals surface area (Å²) in [5.74, 6) is -1.08. The predicted molar refractivity (Wildman–Crippen MR) is 82.3 cm³/mol. The fourth-order valence-corrected chi connectivity index (χ4v) is 2.78. The van der Waals surface area contributed by atoms with Crippen LogP contribution in [0, 0.1) is 5.82 Å². The summed E-state index contributed by atoms with van der Waals surface area (Å²) >= 11 is 5.95. The maximum Gasteiger partial charge on any atom is 0.232 e. The third-order valence-corrected chi connectivity index (χ3v) is 3.93. The summed E-state index contributed by atoms with van der Waals surface area (Å²) in [6.07, 6.45) is 0.662. The maximum atomic E-state index is 13.8. The van der Waals surface area contributed by atoms with Crippen LogP contribution in [0.5, 0.6) is 0 Å². The molecule has 1 atom stereocenters.